The van der Waals surface area contributed by atoms with E-state index in [1.54, 1.807) is 42.7 Å². The first-order valence-corrected chi connectivity index (χ1v) is 35.3. The lowest BCUT2D eigenvalue weighted by molar-refractivity contribution is -0.124. The van der Waals surface area contributed by atoms with Gasteiger partial charge in [-0.25, -0.2) is 40.1 Å². The fraction of sp³-hybridized carbons (Fsp3) is 0.354. The maximum Gasteiger partial charge on any atom is 0.295 e. The molecule has 0 radical (unpaired) electrons. The SMILES string of the molecule is CC(C)(CO)C(=O)SCCOP(=O)(COCCn1cnc2c(N)ncnc21)NCc1ccccc1.COc1ccc(C(OCC(C)(C)C(=O)SCCOP(=O)(COCCn2cnc3c(N)ncnc32)NCc2ccccc2)(c2ccccc2)c2ccc(C)cc2)cc1. The lowest BCUT2D eigenvalue weighted by Crippen LogP contribution is -2.38. The topological polar surface area (TPSA) is 307 Å². The van der Waals surface area contributed by atoms with E-state index in [1.807, 2.05) is 136 Å². The Labute approximate surface area is 544 Å². The largest absolute Gasteiger partial charge is 0.497 e. The summed E-state index contributed by atoms with van der Waals surface area (Å²) in [5.41, 5.74) is 17.0. The van der Waals surface area contributed by atoms with Crippen molar-refractivity contribution in [3.05, 3.63) is 198 Å². The molecule has 3 atom stereocenters. The van der Waals surface area contributed by atoms with E-state index in [9.17, 15) is 23.8 Å². The van der Waals surface area contributed by atoms with Crippen molar-refractivity contribution in [1.82, 2.24) is 49.2 Å². The van der Waals surface area contributed by atoms with Gasteiger partial charge < -0.3 is 53.7 Å². The Morgan fingerprint density at radius 3 is 1.43 bits per heavy atom. The van der Waals surface area contributed by atoms with E-state index in [2.05, 4.69) is 64.3 Å². The van der Waals surface area contributed by atoms with Crippen molar-refractivity contribution < 1.29 is 51.8 Å². The second kappa shape index (κ2) is 33.6. The van der Waals surface area contributed by atoms with Gasteiger partial charge in [-0.1, -0.05) is 156 Å². The van der Waals surface area contributed by atoms with Gasteiger partial charge in [0.1, 0.15) is 47.7 Å². The second-order valence-electron chi connectivity index (χ2n) is 22.6. The quantitative estimate of drug-likeness (QED) is 0.0142. The van der Waals surface area contributed by atoms with Crippen molar-refractivity contribution >= 4 is 82.8 Å². The first kappa shape index (κ1) is 70.6. The van der Waals surface area contributed by atoms with Crippen LogP contribution >= 0.6 is 38.6 Å². The van der Waals surface area contributed by atoms with Gasteiger partial charge in [-0.3, -0.25) is 18.7 Å². The molecule has 0 bridgehead atoms. The maximum atomic E-state index is 14.1. The summed E-state index contributed by atoms with van der Waals surface area (Å²) in [6.07, 6.45) is 5.65. The number of carbonyl (C=O) groups is 2. The number of aliphatic hydroxyl groups is 1. The molecule has 0 saturated heterocycles. The van der Waals surface area contributed by atoms with Crippen LogP contribution in [0.4, 0.5) is 11.6 Å². The normalized spacial score (nSPS) is 13.8. The molecule has 9 aromatic rings. The molecule has 3 unspecified atom stereocenters. The zero-order valence-corrected chi connectivity index (χ0v) is 55.9. The molecule has 27 heteroatoms. The molecule has 0 aliphatic heterocycles. The van der Waals surface area contributed by atoms with Crippen LogP contribution in [0.5, 0.6) is 5.75 Å². The number of aromatic nitrogens is 8. The van der Waals surface area contributed by atoms with Gasteiger partial charge in [0.2, 0.25) is 0 Å². The summed E-state index contributed by atoms with van der Waals surface area (Å²) in [7, 11) is -5.23. The van der Waals surface area contributed by atoms with Crippen LogP contribution < -0.4 is 26.4 Å². The van der Waals surface area contributed by atoms with E-state index < -0.39 is 31.5 Å². The summed E-state index contributed by atoms with van der Waals surface area (Å²) >= 11 is 2.18. The lowest BCUT2D eigenvalue weighted by Gasteiger charge is -2.38. The third kappa shape index (κ3) is 19.4. The second-order valence-corrected chi connectivity index (χ2v) is 29.1. The minimum Gasteiger partial charge on any atom is -0.497 e. The molecule has 92 heavy (non-hydrogen) atoms. The Hall–Kier alpha value is -7.22. The van der Waals surface area contributed by atoms with Crippen molar-refractivity contribution in [1.29, 1.82) is 0 Å². The van der Waals surface area contributed by atoms with E-state index in [1.165, 1.54) is 12.7 Å². The minimum absolute atomic E-state index is 0.0568. The van der Waals surface area contributed by atoms with Gasteiger partial charge in [0.15, 0.2) is 33.2 Å². The average Bonchev–Trinajstić information content (AvgIpc) is 0.987. The van der Waals surface area contributed by atoms with Crippen LogP contribution in [-0.4, -0.2) is 125 Å². The van der Waals surface area contributed by atoms with Gasteiger partial charge in [0.05, 0.1) is 70.2 Å². The van der Waals surface area contributed by atoms with E-state index in [0.29, 0.717) is 65.9 Å². The van der Waals surface area contributed by atoms with E-state index in [0.717, 1.165) is 62.7 Å². The number of nitrogens with two attached hydrogens (primary N) is 2. The van der Waals surface area contributed by atoms with Crippen molar-refractivity contribution in [2.75, 3.05) is 82.4 Å². The van der Waals surface area contributed by atoms with Crippen LogP contribution in [0.15, 0.2) is 165 Å². The van der Waals surface area contributed by atoms with Crippen molar-refractivity contribution in [3.63, 3.8) is 0 Å². The molecule has 0 aliphatic rings. The highest BCUT2D eigenvalue weighted by Gasteiger charge is 2.41. The number of fused-ring (bicyclic) bond motifs is 2. The predicted molar refractivity (Wildman–Crippen MR) is 361 cm³/mol. The Bertz CT molecular complexity index is 3890. The third-order valence-electron chi connectivity index (χ3n) is 14.6. The van der Waals surface area contributed by atoms with Gasteiger partial charge >= 0.3 is 0 Å². The summed E-state index contributed by atoms with van der Waals surface area (Å²) in [5, 5.41) is 15.2. The van der Waals surface area contributed by atoms with Crippen LogP contribution in [0, 0.1) is 17.8 Å². The highest BCUT2D eigenvalue weighted by Crippen LogP contribution is 2.46. The number of nitrogens with one attached hydrogen (secondary N) is 2. The number of rotatable bonds is 34. The monoisotopic (exact) mass is 1330 g/mol. The number of methoxy groups -OCH3 is 1. The molecular weight excluding hydrogens is 1250 g/mol. The summed E-state index contributed by atoms with van der Waals surface area (Å²) < 4.78 is 66.9. The van der Waals surface area contributed by atoms with Crippen LogP contribution in [-0.2, 0) is 73.8 Å². The maximum absolute atomic E-state index is 14.1. The summed E-state index contributed by atoms with van der Waals surface area (Å²) in [4.78, 5) is 50.9. The number of carbonyl (C=O) groups excluding carboxylic acids is 2. The van der Waals surface area contributed by atoms with Gasteiger partial charge in [0.25, 0.3) is 15.0 Å². The molecule has 0 saturated carbocycles. The minimum atomic E-state index is -3.50. The molecule has 4 heterocycles. The molecule has 7 N–H and O–H groups in total. The Balaban J connectivity index is 0.000000266. The number of aliphatic hydroxyl groups excluding tert-OH is 1. The Morgan fingerprint density at radius 2 is 0.989 bits per heavy atom. The molecule has 5 aromatic carbocycles. The van der Waals surface area contributed by atoms with Crippen LogP contribution in [0.25, 0.3) is 22.3 Å². The molecular formula is C65H80N12O11P2S2. The number of benzene rings is 5. The highest BCUT2D eigenvalue weighted by atomic mass is 32.2. The summed E-state index contributed by atoms with van der Waals surface area (Å²) in [5.74, 6) is 1.92. The molecule has 488 valence electrons. The predicted octanol–water partition coefficient (Wildman–Crippen LogP) is 10.7. The number of anilines is 2. The van der Waals surface area contributed by atoms with Crippen LogP contribution in [0.3, 0.4) is 0 Å². The van der Waals surface area contributed by atoms with Crippen molar-refractivity contribution in [2.45, 2.75) is 66.4 Å². The first-order valence-electron chi connectivity index (χ1n) is 29.7. The number of hydrogen-bond acceptors (Lipinski definition) is 21. The molecule has 0 aliphatic carbocycles. The molecule has 4 aromatic heterocycles. The zero-order chi connectivity index (χ0) is 65.6. The molecule has 23 nitrogen and oxygen atoms in total. The van der Waals surface area contributed by atoms with Gasteiger partial charge in [-0.15, -0.1) is 0 Å². The number of ether oxygens (including phenoxy) is 4. The van der Waals surface area contributed by atoms with Crippen molar-refractivity contribution in [2.24, 2.45) is 10.8 Å². The number of thioether (sulfide) groups is 2. The number of nitrogens with zero attached hydrogens (tertiary/aromatic N) is 8. The fourth-order valence-electron chi connectivity index (χ4n) is 9.17. The highest BCUT2D eigenvalue weighted by molar-refractivity contribution is 8.14. The zero-order valence-electron chi connectivity index (χ0n) is 52.5. The standard InChI is InChI=1S/C43H49N6O6PS.C22H31N6O5PS/c1-32-15-17-35(18-16-32)43(34-13-9-6-10-14-34,36-19-21-37(52-4)22-20-36)54-28-42(2,3)41(50)57-26-25-55-56(51,48-27-33-11-7-5-8-12-33)31-53-24-23-49-30-47-38-39(44)45-29-46-40(38)49;1-22(2,13-29)21(30)35-11-10-33-34(31,27-12-17-6-4-3-5-7-17)16-32-9-8-28-15-26-18-19(23)24-14-25-20(18)28/h5-22,29-30H,23-28,31H2,1-4H3,(H,48,51)(H2,44,45,46);3-7,14-15,29H,8-13,16H2,1-2H3,(H,27,31)(H2,23,24,25). The fourth-order valence-corrected chi connectivity index (χ4v) is 13.9. The first-order chi connectivity index (χ1) is 44.3. The molecule has 0 amide bonds. The number of nitrogen functional groups attached to an aromatic ring is 2. The van der Waals surface area contributed by atoms with E-state index >= 15 is 0 Å². The number of hydrogen-bond donors (Lipinski definition) is 5. The molecule has 0 spiro atoms. The third-order valence-corrected chi connectivity index (χ3v) is 20.5. The van der Waals surface area contributed by atoms with Gasteiger partial charge in [0, 0.05) is 37.7 Å². The van der Waals surface area contributed by atoms with Crippen LogP contribution in [0.2, 0.25) is 0 Å². The number of imidazole rings is 2. The van der Waals surface area contributed by atoms with E-state index in [-0.39, 0.29) is 68.3 Å². The Kier molecular flexibility index (Phi) is 25.8. The van der Waals surface area contributed by atoms with Crippen molar-refractivity contribution in [3.8, 4) is 5.75 Å². The lowest BCUT2D eigenvalue weighted by atomic mass is 9.79. The average molecular weight is 1330 g/mol. The molecule has 9 rings (SSSR count). The van der Waals surface area contributed by atoms with E-state index in [4.69, 9.17) is 39.5 Å². The summed E-state index contributed by atoms with van der Waals surface area (Å²) in [6, 6.07) is 45.4. The van der Waals surface area contributed by atoms with Gasteiger partial charge in [-0.2, -0.15) is 0 Å². The van der Waals surface area contributed by atoms with Gasteiger partial charge in [-0.05, 0) is 74.6 Å². The smallest absolute Gasteiger partial charge is 0.295 e. The van der Waals surface area contributed by atoms with Crippen LogP contribution in [0.1, 0.15) is 61.1 Å². The number of aryl methyl sites for hydroxylation is 1. The summed E-state index contributed by atoms with van der Waals surface area (Å²) in [6.45, 7) is 11.1. The molecule has 0 fully saturated rings. The Morgan fingerprint density at radius 1 is 0.565 bits per heavy atom.